The summed E-state index contributed by atoms with van der Waals surface area (Å²) in [5.41, 5.74) is 5.25. The highest BCUT2D eigenvalue weighted by Gasteiger charge is 2.31. The van der Waals surface area contributed by atoms with Crippen molar-refractivity contribution in [1.29, 1.82) is 0 Å². The summed E-state index contributed by atoms with van der Waals surface area (Å²) in [7, 11) is 0. The minimum absolute atomic E-state index is 0.157. The van der Waals surface area contributed by atoms with Crippen LogP contribution >= 0.6 is 0 Å². The standard InChI is InChI=1S/C16H12N2O2/c19-16-15(11-6-2-4-8-14(11)20-18-16)13-9-10-5-1-3-7-12(10)17-13/h1-9,15,17H,(H,18,19). The largest absolute Gasteiger partial charge is 0.379 e. The molecule has 0 saturated carbocycles. The van der Waals surface area contributed by atoms with Crippen molar-refractivity contribution >= 4 is 16.8 Å². The van der Waals surface area contributed by atoms with Crippen LogP contribution in [0.2, 0.25) is 0 Å². The Balaban J connectivity index is 1.90. The SMILES string of the molecule is O=C1NOc2ccccc2C1c1cc2ccccc2[nH]1. The van der Waals surface area contributed by atoms with Crippen molar-refractivity contribution in [3.63, 3.8) is 0 Å². The lowest BCUT2D eigenvalue weighted by Gasteiger charge is -2.24. The Kier molecular flexibility index (Phi) is 2.29. The third-order valence-corrected chi connectivity index (χ3v) is 3.62. The van der Waals surface area contributed by atoms with Gasteiger partial charge in [-0.2, -0.15) is 5.48 Å². The molecule has 1 aliphatic heterocycles. The van der Waals surface area contributed by atoms with Crippen molar-refractivity contribution in [2.45, 2.75) is 5.92 Å². The topological polar surface area (TPSA) is 54.1 Å². The monoisotopic (exact) mass is 264 g/mol. The Morgan fingerprint density at radius 3 is 2.70 bits per heavy atom. The van der Waals surface area contributed by atoms with Gasteiger partial charge in [-0.3, -0.25) is 4.79 Å². The Morgan fingerprint density at radius 1 is 1.00 bits per heavy atom. The molecule has 2 heterocycles. The Labute approximate surface area is 115 Å². The number of fused-ring (bicyclic) bond motifs is 2. The van der Waals surface area contributed by atoms with Crippen LogP contribution in [0.25, 0.3) is 10.9 Å². The molecule has 4 heteroatoms. The molecule has 98 valence electrons. The number of H-pyrrole nitrogens is 1. The van der Waals surface area contributed by atoms with Crippen LogP contribution in [-0.4, -0.2) is 10.9 Å². The van der Waals surface area contributed by atoms with E-state index in [0.29, 0.717) is 5.75 Å². The van der Waals surface area contributed by atoms with Crippen LogP contribution in [0.3, 0.4) is 0 Å². The van der Waals surface area contributed by atoms with E-state index in [4.69, 9.17) is 4.84 Å². The number of amides is 1. The summed E-state index contributed by atoms with van der Waals surface area (Å²) in [5, 5.41) is 1.10. The molecule has 0 spiro atoms. The number of para-hydroxylation sites is 2. The van der Waals surface area contributed by atoms with E-state index >= 15 is 0 Å². The third kappa shape index (κ3) is 1.58. The molecular formula is C16H12N2O2. The van der Waals surface area contributed by atoms with Gasteiger partial charge in [0.1, 0.15) is 5.92 Å². The number of hydroxylamine groups is 1. The van der Waals surface area contributed by atoms with Gasteiger partial charge in [0.05, 0.1) is 0 Å². The molecule has 0 aliphatic carbocycles. The highest BCUT2D eigenvalue weighted by atomic mass is 16.7. The highest BCUT2D eigenvalue weighted by Crippen LogP contribution is 2.35. The molecule has 2 N–H and O–H groups in total. The number of benzene rings is 2. The summed E-state index contributed by atoms with van der Waals surface area (Å²) in [4.78, 5) is 20.7. The van der Waals surface area contributed by atoms with Crippen molar-refractivity contribution in [1.82, 2.24) is 10.5 Å². The molecule has 20 heavy (non-hydrogen) atoms. The minimum Gasteiger partial charge on any atom is -0.379 e. The second kappa shape index (κ2) is 4.13. The highest BCUT2D eigenvalue weighted by molar-refractivity contribution is 5.90. The molecule has 0 bridgehead atoms. The molecule has 1 amide bonds. The predicted molar refractivity (Wildman–Crippen MR) is 75.4 cm³/mol. The fourth-order valence-corrected chi connectivity index (χ4v) is 2.68. The van der Waals surface area contributed by atoms with E-state index in [2.05, 4.69) is 10.5 Å². The first kappa shape index (κ1) is 11.1. The summed E-state index contributed by atoms with van der Waals surface area (Å²) < 4.78 is 0. The Hall–Kier alpha value is -2.75. The van der Waals surface area contributed by atoms with Gasteiger partial charge in [-0.15, -0.1) is 0 Å². The van der Waals surface area contributed by atoms with E-state index in [0.717, 1.165) is 22.2 Å². The molecule has 0 radical (unpaired) electrons. The number of carbonyl (C=O) groups excluding carboxylic acids is 1. The number of carbonyl (C=O) groups is 1. The van der Waals surface area contributed by atoms with Crippen LogP contribution in [0.5, 0.6) is 5.75 Å². The maximum Gasteiger partial charge on any atom is 0.266 e. The maximum absolute atomic E-state index is 12.2. The van der Waals surface area contributed by atoms with Crippen molar-refractivity contribution in [2.75, 3.05) is 0 Å². The van der Waals surface area contributed by atoms with Crippen LogP contribution in [-0.2, 0) is 4.79 Å². The van der Waals surface area contributed by atoms with Gasteiger partial charge in [0.15, 0.2) is 5.75 Å². The Morgan fingerprint density at radius 2 is 1.80 bits per heavy atom. The first-order valence-electron chi connectivity index (χ1n) is 6.46. The van der Waals surface area contributed by atoms with Crippen LogP contribution in [0.15, 0.2) is 54.6 Å². The molecule has 3 aromatic rings. The average Bonchev–Trinajstić information content (AvgIpc) is 2.90. The van der Waals surface area contributed by atoms with Crippen LogP contribution in [0, 0.1) is 0 Å². The smallest absolute Gasteiger partial charge is 0.266 e. The number of aromatic nitrogens is 1. The van der Waals surface area contributed by atoms with Gasteiger partial charge in [-0.05, 0) is 23.6 Å². The summed E-state index contributed by atoms with van der Waals surface area (Å²) in [6.45, 7) is 0. The van der Waals surface area contributed by atoms with E-state index in [1.54, 1.807) is 0 Å². The van der Waals surface area contributed by atoms with Gasteiger partial charge >= 0.3 is 0 Å². The zero-order valence-corrected chi connectivity index (χ0v) is 10.6. The van der Waals surface area contributed by atoms with Crippen LogP contribution in [0.4, 0.5) is 0 Å². The summed E-state index contributed by atoms with van der Waals surface area (Å²) >= 11 is 0. The lowest BCUT2D eigenvalue weighted by molar-refractivity contribution is -0.129. The first-order chi connectivity index (χ1) is 9.83. The van der Waals surface area contributed by atoms with Gasteiger partial charge in [0, 0.05) is 16.8 Å². The predicted octanol–water partition coefficient (Wildman–Crippen LogP) is 2.72. The van der Waals surface area contributed by atoms with Crippen molar-refractivity contribution in [3.8, 4) is 5.75 Å². The maximum atomic E-state index is 12.2. The molecule has 1 unspecified atom stereocenters. The molecular weight excluding hydrogens is 252 g/mol. The summed E-state index contributed by atoms with van der Waals surface area (Å²) in [6, 6.07) is 17.6. The molecule has 2 aromatic carbocycles. The van der Waals surface area contributed by atoms with Crippen LogP contribution in [0.1, 0.15) is 17.2 Å². The van der Waals surface area contributed by atoms with E-state index in [-0.39, 0.29) is 11.8 Å². The number of aromatic amines is 1. The Bertz CT molecular complexity index is 774. The zero-order chi connectivity index (χ0) is 13.5. The molecule has 4 rings (SSSR count). The number of nitrogens with one attached hydrogen (secondary N) is 2. The van der Waals surface area contributed by atoms with Gasteiger partial charge < -0.3 is 9.82 Å². The zero-order valence-electron chi connectivity index (χ0n) is 10.6. The second-order valence-corrected chi connectivity index (χ2v) is 4.85. The second-order valence-electron chi connectivity index (χ2n) is 4.85. The molecule has 1 aromatic heterocycles. The summed E-state index contributed by atoms with van der Waals surface area (Å²) in [5.74, 6) is 0.165. The fraction of sp³-hybridized carbons (Fsp3) is 0.0625. The number of hydrogen-bond donors (Lipinski definition) is 2. The lowest BCUT2D eigenvalue weighted by Crippen LogP contribution is -2.37. The quantitative estimate of drug-likeness (QED) is 0.710. The van der Waals surface area contributed by atoms with Crippen molar-refractivity contribution in [3.05, 3.63) is 65.9 Å². The minimum atomic E-state index is -0.368. The van der Waals surface area contributed by atoms with E-state index in [1.807, 2.05) is 54.6 Å². The molecule has 1 aliphatic rings. The lowest BCUT2D eigenvalue weighted by atomic mass is 9.93. The molecule has 0 fully saturated rings. The number of hydrogen-bond acceptors (Lipinski definition) is 2. The van der Waals surface area contributed by atoms with Gasteiger partial charge in [-0.25, -0.2) is 0 Å². The van der Waals surface area contributed by atoms with Gasteiger partial charge in [0.2, 0.25) is 0 Å². The molecule has 0 saturated heterocycles. The average molecular weight is 264 g/mol. The van der Waals surface area contributed by atoms with Crippen molar-refractivity contribution in [2.24, 2.45) is 0 Å². The normalized spacial score (nSPS) is 17.4. The number of rotatable bonds is 1. The van der Waals surface area contributed by atoms with Crippen molar-refractivity contribution < 1.29 is 9.63 Å². The van der Waals surface area contributed by atoms with E-state index in [9.17, 15) is 4.79 Å². The third-order valence-electron chi connectivity index (χ3n) is 3.62. The van der Waals surface area contributed by atoms with Crippen LogP contribution < -0.4 is 10.3 Å². The fourth-order valence-electron chi connectivity index (χ4n) is 2.68. The van der Waals surface area contributed by atoms with E-state index < -0.39 is 0 Å². The summed E-state index contributed by atoms with van der Waals surface area (Å²) in [6.07, 6.45) is 0. The molecule has 4 nitrogen and oxygen atoms in total. The molecule has 1 atom stereocenters. The first-order valence-corrected chi connectivity index (χ1v) is 6.46. The van der Waals surface area contributed by atoms with Gasteiger partial charge in [-0.1, -0.05) is 36.4 Å². The van der Waals surface area contributed by atoms with E-state index in [1.165, 1.54) is 0 Å². The van der Waals surface area contributed by atoms with Gasteiger partial charge in [0.25, 0.3) is 5.91 Å².